The van der Waals surface area contributed by atoms with Crippen molar-refractivity contribution in [3.63, 3.8) is 0 Å². The van der Waals surface area contributed by atoms with E-state index >= 15 is 0 Å². The third-order valence-electron chi connectivity index (χ3n) is 12.9. The molecule has 0 spiro atoms. The van der Waals surface area contributed by atoms with Crippen molar-refractivity contribution in [3.05, 3.63) is 231 Å². The number of benzene rings is 11. The van der Waals surface area contributed by atoms with Gasteiger partial charge in [-0.1, -0.05) is 158 Å². The Bertz CT molecular complexity index is 3870. The summed E-state index contributed by atoms with van der Waals surface area (Å²) in [6.45, 7) is 0. The van der Waals surface area contributed by atoms with Gasteiger partial charge in [0.2, 0.25) is 0 Å². The van der Waals surface area contributed by atoms with Gasteiger partial charge >= 0.3 is 0 Å². The molecule has 0 atom stereocenters. The van der Waals surface area contributed by atoms with Crippen LogP contribution in [0.5, 0.6) is 0 Å². The molecule has 0 aliphatic carbocycles. The Morgan fingerprint density at radius 3 is 1.73 bits per heavy atom. The van der Waals surface area contributed by atoms with E-state index < -0.39 is 0 Å². The molecule has 3 heteroatoms. The van der Waals surface area contributed by atoms with Crippen LogP contribution < -0.4 is 4.90 Å². The number of aromatic nitrogens is 1. The summed E-state index contributed by atoms with van der Waals surface area (Å²) < 4.78 is 9.00. The number of hydrogen-bond acceptors (Lipinski definition) is 2. The fraction of sp³-hybridized carbons (Fsp3) is 0. The summed E-state index contributed by atoms with van der Waals surface area (Å²) in [6.07, 6.45) is 0. The smallest absolute Gasteiger partial charge is 0.143 e. The van der Waals surface area contributed by atoms with Gasteiger partial charge in [0.15, 0.2) is 0 Å². The third kappa shape index (κ3) is 5.67. The number of nitrogens with zero attached hydrogens (tertiary/aromatic N) is 2. The van der Waals surface area contributed by atoms with E-state index in [4.69, 9.17) is 4.42 Å². The highest BCUT2D eigenvalue weighted by Gasteiger charge is 2.19. The first-order valence-corrected chi connectivity index (χ1v) is 21.6. The molecular formula is C60H38N2O. The van der Waals surface area contributed by atoms with Crippen LogP contribution >= 0.6 is 0 Å². The van der Waals surface area contributed by atoms with Crippen molar-refractivity contribution < 1.29 is 4.42 Å². The number of fused-ring (bicyclic) bond motifs is 11. The lowest BCUT2D eigenvalue weighted by Crippen LogP contribution is -2.10. The predicted molar refractivity (Wildman–Crippen MR) is 266 cm³/mol. The molecule has 0 aliphatic heterocycles. The summed E-state index contributed by atoms with van der Waals surface area (Å²) >= 11 is 0. The van der Waals surface area contributed by atoms with Crippen LogP contribution in [0.15, 0.2) is 235 Å². The van der Waals surface area contributed by atoms with E-state index in [9.17, 15) is 0 Å². The summed E-state index contributed by atoms with van der Waals surface area (Å²) in [5, 5.41) is 12.0. The Hall–Kier alpha value is -8.40. The quantitative estimate of drug-likeness (QED) is 0.156. The fourth-order valence-corrected chi connectivity index (χ4v) is 10.0. The minimum atomic E-state index is 0.890. The van der Waals surface area contributed by atoms with Gasteiger partial charge in [-0.25, -0.2) is 0 Å². The average Bonchev–Trinajstić information content (AvgIpc) is 3.91. The van der Waals surface area contributed by atoms with Crippen LogP contribution in [0.3, 0.4) is 0 Å². The van der Waals surface area contributed by atoms with Crippen molar-refractivity contribution in [2.24, 2.45) is 0 Å². The van der Waals surface area contributed by atoms with Gasteiger partial charge in [-0.3, -0.25) is 0 Å². The van der Waals surface area contributed by atoms with E-state index in [1.807, 2.05) is 0 Å². The lowest BCUT2D eigenvalue weighted by Gasteiger charge is -2.27. The maximum absolute atomic E-state index is 6.62. The Balaban J connectivity index is 0.945. The first-order valence-electron chi connectivity index (χ1n) is 21.6. The second-order valence-electron chi connectivity index (χ2n) is 16.5. The molecule has 0 saturated carbocycles. The van der Waals surface area contributed by atoms with Gasteiger partial charge < -0.3 is 13.9 Å². The van der Waals surface area contributed by atoms with Gasteiger partial charge in [0.1, 0.15) is 11.2 Å². The van der Waals surface area contributed by atoms with Gasteiger partial charge in [0.05, 0.1) is 11.0 Å². The van der Waals surface area contributed by atoms with Crippen LogP contribution in [0.1, 0.15) is 0 Å². The summed E-state index contributed by atoms with van der Waals surface area (Å²) in [7, 11) is 0. The Morgan fingerprint density at radius 2 is 0.921 bits per heavy atom. The minimum Gasteiger partial charge on any atom is -0.455 e. The molecule has 11 aromatic carbocycles. The number of rotatable bonds is 6. The van der Waals surface area contributed by atoms with E-state index in [2.05, 4.69) is 240 Å². The summed E-state index contributed by atoms with van der Waals surface area (Å²) in [4.78, 5) is 2.39. The molecule has 0 fully saturated rings. The zero-order valence-electron chi connectivity index (χ0n) is 34.2. The van der Waals surface area contributed by atoms with Crippen molar-refractivity contribution in [1.82, 2.24) is 4.57 Å². The molecule has 13 rings (SSSR count). The minimum absolute atomic E-state index is 0.890. The van der Waals surface area contributed by atoms with E-state index in [-0.39, 0.29) is 0 Å². The van der Waals surface area contributed by atoms with Crippen molar-refractivity contribution in [2.75, 3.05) is 4.90 Å². The first-order chi connectivity index (χ1) is 31.2. The first kappa shape index (κ1) is 35.4. The molecule has 0 amide bonds. The van der Waals surface area contributed by atoms with Crippen LogP contribution in [0.25, 0.3) is 104 Å². The highest BCUT2D eigenvalue weighted by molar-refractivity contribution is 6.19. The highest BCUT2D eigenvalue weighted by atomic mass is 16.3. The zero-order valence-corrected chi connectivity index (χ0v) is 34.2. The molecule has 0 aliphatic rings. The van der Waals surface area contributed by atoms with Crippen LogP contribution in [0.2, 0.25) is 0 Å². The summed E-state index contributed by atoms with van der Waals surface area (Å²) in [5.41, 5.74) is 13.2. The molecule has 2 heterocycles. The Morgan fingerprint density at radius 1 is 0.333 bits per heavy atom. The van der Waals surface area contributed by atoms with Crippen molar-refractivity contribution in [2.45, 2.75) is 0 Å². The standard InChI is InChI=1S/C60H38N2O/c1-3-18-49-40(12-1)26-27-44-38-48(33-35-50(44)49)61(46-16-10-15-43(37-46)51-22-11-25-58-59(51)55-34-30-41-13-2-4-19-52(41)60(55)63-58)45-31-28-39(29-32-45)42-14-9-17-47(36-42)62-56-23-7-5-20-53(56)54-21-6-8-24-57(54)62/h1-38H. The number of hydrogen-bond donors (Lipinski definition) is 0. The molecule has 0 N–H and O–H groups in total. The Labute approximate surface area is 363 Å². The van der Waals surface area contributed by atoms with E-state index in [1.54, 1.807) is 0 Å². The molecule has 3 nitrogen and oxygen atoms in total. The normalized spacial score (nSPS) is 11.8. The van der Waals surface area contributed by atoms with Crippen LogP contribution in [0, 0.1) is 0 Å². The van der Waals surface area contributed by atoms with Crippen molar-refractivity contribution >= 4 is 93.1 Å². The van der Waals surface area contributed by atoms with Crippen molar-refractivity contribution in [1.29, 1.82) is 0 Å². The third-order valence-corrected chi connectivity index (χ3v) is 12.9. The topological polar surface area (TPSA) is 21.3 Å². The lowest BCUT2D eigenvalue weighted by molar-refractivity contribution is 0.673. The van der Waals surface area contributed by atoms with Crippen LogP contribution in [0.4, 0.5) is 17.1 Å². The van der Waals surface area contributed by atoms with Crippen molar-refractivity contribution in [3.8, 4) is 27.9 Å². The molecule has 0 unspecified atom stereocenters. The van der Waals surface area contributed by atoms with Gasteiger partial charge in [-0.05, 0) is 122 Å². The SMILES string of the molecule is c1cc(-c2cccc3oc4c5ccccc5ccc4c23)cc(N(c2ccc(-c3cccc(-n4c5ccccc5c5ccccc54)c3)cc2)c2ccc3c(ccc4ccccc43)c2)c1. The van der Waals surface area contributed by atoms with Crippen LogP contribution in [-0.2, 0) is 0 Å². The number of anilines is 3. The molecule has 63 heavy (non-hydrogen) atoms. The molecular weight excluding hydrogens is 765 g/mol. The summed E-state index contributed by atoms with van der Waals surface area (Å²) in [5.74, 6) is 0. The maximum atomic E-state index is 6.62. The van der Waals surface area contributed by atoms with E-state index in [1.165, 1.54) is 54.3 Å². The monoisotopic (exact) mass is 802 g/mol. The molecule has 294 valence electrons. The molecule has 2 aromatic heterocycles. The van der Waals surface area contributed by atoms with Gasteiger partial charge in [-0.15, -0.1) is 0 Å². The maximum Gasteiger partial charge on any atom is 0.143 e. The second-order valence-corrected chi connectivity index (χ2v) is 16.5. The largest absolute Gasteiger partial charge is 0.455 e. The molecule has 0 bridgehead atoms. The molecule has 0 radical (unpaired) electrons. The van der Waals surface area contributed by atoms with Crippen LogP contribution in [-0.4, -0.2) is 4.57 Å². The molecule has 0 saturated heterocycles. The number of para-hydroxylation sites is 2. The fourth-order valence-electron chi connectivity index (χ4n) is 10.0. The molecule has 13 aromatic rings. The van der Waals surface area contributed by atoms with Gasteiger partial charge in [0, 0.05) is 49.7 Å². The van der Waals surface area contributed by atoms with Gasteiger partial charge in [0.25, 0.3) is 0 Å². The van der Waals surface area contributed by atoms with E-state index in [0.717, 1.165) is 66.8 Å². The average molecular weight is 803 g/mol. The zero-order chi connectivity index (χ0) is 41.4. The predicted octanol–water partition coefficient (Wildman–Crippen LogP) is 16.9. The van der Waals surface area contributed by atoms with E-state index in [0.29, 0.717) is 0 Å². The summed E-state index contributed by atoms with van der Waals surface area (Å²) in [6, 6.07) is 83.5. The Kier molecular flexibility index (Phi) is 7.91. The van der Waals surface area contributed by atoms with Gasteiger partial charge in [-0.2, -0.15) is 0 Å². The second kappa shape index (κ2) is 14.1. The number of furan rings is 1. The highest BCUT2D eigenvalue weighted by Crippen LogP contribution is 2.43. The lowest BCUT2D eigenvalue weighted by atomic mass is 9.97.